The van der Waals surface area contributed by atoms with Crippen molar-refractivity contribution in [3.8, 4) is 11.5 Å². The van der Waals surface area contributed by atoms with Crippen molar-refractivity contribution in [2.45, 2.75) is 50.5 Å². The third-order valence-electron chi connectivity index (χ3n) is 6.02. The van der Waals surface area contributed by atoms with E-state index in [9.17, 15) is 9.59 Å². The molecule has 3 aromatic heterocycles. The number of aromatic nitrogens is 5. The van der Waals surface area contributed by atoms with Crippen LogP contribution in [0, 0.1) is 0 Å². The van der Waals surface area contributed by atoms with Gasteiger partial charge in [-0.25, -0.2) is 9.97 Å². The van der Waals surface area contributed by atoms with Gasteiger partial charge in [0, 0.05) is 36.6 Å². The number of H-pyrrole nitrogens is 1. The summed E-state index contributed by atoms with van der Waals surface area (Å²) in [5.41, 5.74) is 1.07. The summed E-state index contributed by atoms with van der Waals surface area (Å²) in [6.07, 6.45) is 5.68. The molecule has 9 nitrogen and oxygen atoms in total. The van der Waals surface area contributed by atoms with Gasteiger partial charge in [0.15, 0.2) is 5.65 Å². The van der Waals surface area contributed by atoms with E-state index in [0.717, 1.165) is 31.2 Å². The number of pyridine rings is 1. The molecule has 168 valence electrons. The number of fused-ring (bicyclic) bond motifs is 1. The third kappa shape index (κ3) is 4.82. The van der Waals surface area contributed by atoms with E-state index in [1.807, 2.05) is 30.3 Å². The molecule has 0 spiro atoms. The molecule has 5 rings (SSSR count). The maximum atomic E-state index is 12.5. The van der Waals surface area contributed by atoms with Gasteiger partial charge in [0.1, 0.15) is 5.82 Å². The van der Waals surface area contributed by atoms with Crippen LogP contribution in [0.15, 0.2) is 57.9 Å². The fourth-order valence-electron chi connectivity index (χ4n) is 4.25. The molecule has 4 aromatic rings. The minimum atomic E-state index is -0.238. The summed E-state index contributed by atoms with van der Waals surface area (Å²) in [4.78, 5) is 35.8. The van der Waals surface area contributed by atoms with Crippen molar-refractivity contribution in [3.63, 3.8) is 0 Å². The minimum Gasteiger partial charge on any atom is -0.420 e. The van der Waals surface area contributed by atoms with E-state index in [-0.39, 0.29) is 29.8 Å². The van der Waals surface area contributed by atoms with Crippen molar-refractivity contribution >= 4 is 16.9 Å². The quantitative estimate of drug-likeness (QED) is 0.468. The van der Waals surface area contributed by atoms with Gasteiger partial charge in [0.25, 0.3) is 5.56 Å². The molecular formula is C24H24N6O3. The highest BCUT2D eigenvalue weighted by atomic mass is 16.4. The molecule has 1 fully saturated rings. The summed E-state index contributed by atoms with van der Waals surface area (Å²) < 4.78 is 5.90. The van der Waals surface area contributed by atoms with Crippen LogP contribution in [0.4, 0.5) is 0 Å². The fraction of sp³-hybridized carbons (Fsp3) is 0.333. The van der Waals surface area contributed by atoms with Gasteiger partial charge < -0.3 is 14.7 Å². The molecule has 0 unspecified atom stereocenters. The van der Waals surface area contributed by atoms with Crippen LogP contribution in [0.5, 0.6) is 0 Å². The number of hydrogen-bond acceptors (Lipinski definition) is 7. The van der Waals surface area contributed by atoms with Crippen molar-refractivity contribution in [1.82, 2.24) is 30.5 Å². The van der Waals surface area contributed by atoms with E-state index in [2.05, 4.69) is 30.5 Å². The number of aryl methyl sites for hydroxylation is 1. The Hall–Kier alpha value is -3.88. The summed E-state index contributed by atoms with van der Waals surface area (Å²) in [7, 11) is 0. The average Bonchev–Trinajstić information content (AvgIpc) is 3.34. The first-order valence-corrected chi connectivity index (χ1v) is 11.2. The number of hydrogen-bond donors (Lipinski definition) is 2. The van der Waals surface area contributed by atoms with Crippen LogP contribution in [0.1, 0.15) is 49.7 Å². The lowest BCUT2D eigenvalue weighted by Crippen LogP contribution is -2.37. The maximum absolute atomic E-state index is 12.5. The Kier molecular flexibility index (Phi) is 5.93. The standard InChI is InChI=1S/C24H24N6O3/c31-20(13-12-19-27-21-18(22(32)28-19)7-4-14-25-21)26-17-10-8-16(9-11-17)24-30-29-23(33-24)15-5-2-1-3-6-15/h1-7,14,16-17H,8-13H2,(H,26,31)(H,25,27,28,32)/t16-,17-. The van der Waals surface area contributed by atoms with Crippen molar-refractivity contribution in [2.24, 2.45) is 0 Å². The van der Waals surface area contributed by atoms with Crippen molar-refractivity contribution in [1.29, 1.82) is 0 Å². The average molecular weight is 444 g/mol. The summed E-state index contributed by atoms with van der Waals surface area (Å²) in [6.45, 7) is 0. The Balaban J connectivity index is 1.11. The Morgan fingerprint density at radius 1 is 1.06 bits per heavy atom. The minimum absolute atomic E-state index is 0.0497. The first kappa shape index (κ1) is 21.0. The molecule has 1 aliphatic carbocycles. The lowest BCUT2D eigenvalue weighted by atomic mass is 9.86. The summed E-state index contributed by atoms with van der Waals surface area (Å²) in [6, 6.07) is 13.2. The number of rotatable bonds is 6. The molecule has 1 amide bonds. The molecule has 0 saturated heterocycles. The van der Waals surface area contributed by atoms with E-state index in [1.165, 1.54) is 0 Å². The second-order valence-electron chi connectivity index (χ2n) is 8.31. The van der Waals surface area contributed by atoms with Gasteiger partial charge in [-0.05, 0) is 49.9 Å². The van der Waals surface area contributed by atoms with E-state index in [4.69, 9.17) is 4.42 Å². The first-order valence-electron chi connectivity index (χ1n) is 11.2. The van der Waals surface area contributed by atoms with Gasteiger partial charge in [-0.2, -0.15) is 0 Å². The number of benzene rings is 1. The smallest absolute Gasteiger partial charge is 0.260 e. The van der Waals surface area contributed by atoms with E-state index in [0.29, 0.717) is 35.1 Å². The van der Waals surface area contributed by atoms with Crippen molar-refractivity contribution in [3.05, 3.63) is 70.7 Å². The predicted molar refractivity (Wildman–Crippen MR) is 121 cm³/mol. The number of carbonyl (C=O) groups excluding carboxylic acids is 1. The number of aromatic amines is 1. The zero-order valence-electron chi connectivity index (χ0n) is 18.0. The number of amides is 1. The van der Waals surface area contributed by atoms with E-state index < -0.39 is 0 Å². The topological polar surface area (TPSA) is 127 Å². The van der Waals surface area contributed by atoms with Crippen LogP contribution in [-0.2, 0) is 11.2 Å². The molecule has 33 heavy (non-hydrogen) atoms. The van der Waals surface area contributed by atoms with Gasteiger partial charge in [-0.1, -0.05) is 18.2 Å². The van der Waals surface area contributed by atoms with Gasteiger partial charge in [0.05, 0.1) is 5.39 Å². The molecule has 0 bridgehead atoms. The lowest BCUT2D eigenvalue weighted by Gasteiger charge is -2.27. The summed E-state index contributed by atoms with van der Waals surface area (Å²) in [5.74, 6) is 1.83. The van der Waals surface area contributed by atoms with E-state index >= 15 is 0 Å². The summed E-state index contributed by atoms with van der Waals surface area (Å²) in [5, 5.41) is 12.0. The molecule has 0 radical (unpaired) electrons. The van der Waals surface area contributed by atoms with Crippen LogP contribution >= 0.6 is 0 Å². The van der Waals surface area contributed by atoms with Crippen LogP contribution < -0.4 is 10.9 Å². The number of nitrogens with zero attached hydrogens (tertiary/aromatic N) is 4. The predicted octanol–water partition coefficient (Wildman–Crippen LogP) is 3.14. The molecule has 1 aliphatic rings. The maximum Gasteiger partial charge on any atom is 0.260 e. The molecular weight excluding hydrogens is 420 g/mol. The Labute approximate surface area is 189 Å². The van der Waals surface area contributed by atoms with Crippen LogP contribution in [0.25, 0.3) is 22.5 Å². The van der Waals surface area contributed by atoms with Gasteiger partial charge in [-0.15, -0.1) is 10.2 Å². The zero-order valence-corrected chi connectivity index (χ0v) is 18.0. The first-order chi connectivity index (χ1) is 16.2. The zero-order chi connectivity index (χ0) is 22.6. The van der Waals surface area contributed by atoms with Gasteiger partial charge in [-0.3, -0.25) is 9.59 Å². The van der Waals surface area contributed by atoms with Crippen molar-refractivity contribution < 1.29 is 9.21 Å². The van der Waals surface area contributed by atoms with E-state index in [1.54, 1.807) is 18.3 Å². The van der Waals surface area contributed by atoms with Crippen LogP contribution in [0.2, 0.25) is 0 Å². The molecule has 1 saturated carbocycles. The molecule has 1 aromatic carbocycles. The highest BCUT2D eigenvalue weighted by Gasteiger charge is 2.27. The second kappa shape index (κ2) is 9.32. The van der Waals surface area contributed by atoms with Crippen LogP contribution in [0.3, 0.4) is 0 Å². The second-order valence-corrected chi connectivity index (χ2v) is 8.31. The molecule has 0 atom stereocenters. The summed E-state index contributed by atoms with van der Waals surface area (Å²) >= 11 is 0. The van der Waals surface area contributed by atoms with Gasteiger partial charge >= 0.3 is 0 Å². The lowest BCUT2D eigenvalue weighted by molar-refractivity contribution is -0.122. The Morgan fingerprint density at radius 3 is 2.70 bits per heavy atom. The van der Waals surface area contributed by atoms with Crippen LogP contribution in [-0.4, -0.2) is 37.1 Å². The molecule has 9 heteroatoms. The Bertz CT molecular complexity index is 1310. The monoisotopic (exact) mass is 444 g/mol. The molecule has 0 aliphatic heterocycles. The normalized spacial score (nSPS) is 18.3. The highest BCUT2D eigenvalue weighted by molar-refractivity contribution is 5.76. The molecule has 3 heterocycles. The third-order valence-corrected chi connectivity index (χ3v) is 6.02. The van der Waals surface area contributed by atoms with Crippen molar-refractivity contribution in [2.75, 3.05) is 0 Å². The fourth-order valence-corrected chi connectivity index (χ4v) is 4.25. The largest absolute Gasteiger partial charge is 0.420 e. The van der Waals surface area contributed by atoms with Gasteiger partial charge in [0.2, 0.25) is 17.7 Å². The highest BCUT2D eigenvalue weighted by Crippen LogP contribution is 2.33. The Morgan fingerprint density at radius 2 is 1.88 bits per heavy atom. The molecule has 2 N–H and O–H groups in total. The number of carbonyl (C=O) groups is 1. The number of nitrogens with one attached hydrogen (secondary N) is 2. The SMILES string of the molecule is O=C(CCc1nc2ncccc2c(=O)[nH]1)N[C@H]1CC[C@H](c2nnc(-c3ccccc3)o2)CC1.